The lowest BCUT2D eigenvalue weighted by Crippen LogP contribution is -2.45. The molecule has 0 aliphatic rings. The Balaban J connectivity index is 4.22. The van der Waals surface area contributed by atoms with Crippen LogP contribution < -0.4 is 11.1 Å². The number of aliphatic hydroxyl groups is 1. The van der Waals surface area contributed by atoms with Crippen LogP contribution in [-0.4, -0.2) is 47.8 Å². The molecule has 9 heteroatoms. The van der Waals surface area contributed by atoms with Gasteiger partial charge in [-0.15, -0.1) is 0 Å². The number of carbonyl (C=O) groups is 1. The minimum atomic E-state index is -4.35. The van der Waals surface area contributed by atoms with E-state index in [2.05, 4.69) is 43.5 Å². The molecule has 0 aromatic rings. The van der Waals surface area contributed by atoms with E-state index in [1.54, 1.807) is 6.08 Å². The number of carbonyl (C=O) groups excluding carboxylic acids is 1. The average molecular weight is 783 g/mol. The Kier molecular flexibility index (Phi) is 40.4. The van der Waals surface area contributed by atoms with Crippen molar-refractivity contribution < 1.29 is 28.4 Å². The van der Waals surface area contributed by atoms with Crippen LogP contribution in [0.15, 0.2) is 36.5 Å². The van der Waals surface area contributed by atoms with Crippen LogP contribution in [0, 0.1) is 0 Å². The summed E-state index contributed by atoms with van der Waals surface area (Å²) in [5.41, 5.74) is 5.37. The Labute approximate surface area is 333 Å². The number of nitrogens with two attached hydrogens (primary N) is 1. The maximum atomic E-state index is 12.8. The van der Waals surface area contributed by atoms with Crippen LogP contribution in [-0.2, 0) is 18.4 Å². The van der Waals surface area contributed by atoms with Crippen LogP contribution in [0.5, 0.6) is 0 Å². The van der Waals surface area contributed by atoms with Gasteiger partial charge in [-0.1, -0.05) is 185 Å². The molecule has 0 radical (unpaired) electrons. The molecule has 0 aliphatic heterocycles. The van der Waals surface area contributed by atoms with Crippen molar-refractivity contribution in [1.29, 1.82) is 0 Å². The maximum absolute atomic E-state index is 12.8. The van der Waals surface area contributed by atoms with Gasteiger partial charge in [0.15, 0.2) is 0 Å². The topological polar surface area (TPSA) is 131 Å². The van der Waals surface area contributed by atoms with Gasteiger partial charge < -0.3 is 21.1 Å². The van der Waals surface area contributed by atoms with Gasteiger partial charge in [-0.2, -0.15) is 0 Å². The second-order valence-corrected chi connectivity index (χ2v) is 16.7. The van der Waals surface area contributed by atoms with E-state index in [1.165, 1.54) is 154 Å². The average Bonchev–Trinajstić information content (AvgIpc) is 3.16. The zero-order valence-corrected chi connectivity index (χ0v) is 36.1. The third-order valence-corrected chi connectivity index (χ3v) is 10.9. The van der Waals surface area contributed by atoms with Gasteiger partial charge in [0.1, 0.15) is 0 Å². The van der Waals surface area contributed by atoms with Crippen LogP contribution in [0.2, 0.25) is 0 Å². The summed E-state index contributed by atoms with van der Waals surface area (Å²) in [5, 5.41) is 13.7. The van der Waals surface area contributed by atoms with Gasteiger partial charge in [-0.3, -0.25) is 13.8 Å². The molecule has 0 fully saturated rings. The molecule has 0 aromatic heterocycles. The molecule has 3 unspecified atom stereocenters. The Hall–Kier alpha value is -1.28. The quantitative estimate of drug-likeness (QED) is 0.0275. The van der Waals surface area contributed by atoms with Crippen molar-refractivity contribution in [3.05, 3.63) is 36.5 Å². The lowest BCUT2D eigenvalue weighted by molar-refractivity contribution is -0.123. The van der Waals surface area contributed by atoms with Crippen molar-refractivity contribution >= 4 is 13.7 Å². The second-order valence-electron chi connectivity index (χ2n) is 15.2. The van der Waals surface area contributed by atoms with Crippen molar-refractivity contribution in [2.75, 3.05) is 19.8 Å². The minimum absolute atomic E-state index is 0.0738. The molecule has 54 heavy (non-hydrogen) atoms. The molecule has 8 nitrogen and oxygen atoms in total. The van der Waals surface area contributed by atoms with Crippen LogP contribution in [0.4, 0.5) is 0 Å². The molecule has 5 N–H and O–H groups in total. The van der Waals surface area contributed by atoms with Crippen LogP contribution >= 0.6 is 7.82 Å². The van der Waals surface area contributed by atoms with Crippen molar-refractivity contribution in [2.24, 2.45) is 5.73 Å². The second kappa shape index (κ2) is 41.4. The van der Waals surface area contributed by atoms with Crippen molar-refractivity contribution in [1.82, 2.24) is 5.32 Å². The van der Waals surface area contributed by atoms with Crippen molar-refractivity contribution in [2.45, 2.75) is 225 Å². The van der Waals surface area contributed by atoms with E-state index in [-0.39, 0.29) is 25.7 Å². The smallest absolute Gasteiger partial charge is 0.387 e. The number of phosphoric acid groups is 1. The van der Waals surface area contributed by atoms with E-state index in [0.717, 1.165) is 38.5 Å². The number of phosphoric ester groups is 1. The van der Waals surface area contributed by atoms with E-state index >= 15 is 0 Å². The summed E-state index contributed by atoms with van der Waals surface area (Å²) in [5.74, 6) is -0.206. The van der Waals surface area contributed by atoms with Gasteiger partial charge in [0, 0.05) is 13.0 Å². The summed E-state index contributed by atoms with van der Waals surface area (Å²) in [6.07, 6.45) is 49.1. The molecule has 0 rings (SSSR count). The molecular weight excluding hydrogens is 695 g/mol. The van der Waals surface area contributed by atoms with Gasteiger partial charge in [-0.25, -0.2) is 4.57 Å². The van der Waals surface area contributed by atoms with E-state index in [1.807, 2.05) is 6.08 Å². The normalized spacial score (nSPS) is 14.4. The predicted molar refractivity (Wildman–Crippen MR) is 231 cm³/mol. The lowest BCUT2D eigenvalue weighted by Gasteiger charge is -2.23. The van der Waals surface area contributed by atoms with E-state index in [4.69, 9.17) is 14.8 Å². The highest BCUT2D eigenvalue weighted by Gasteiger charge is 2.26. The molecule has 318 valence electrons. The van der Waals surface area contributed by atoms with Gasteiger partial charge >= 0.3 is 7.82 Å². The zero-order valence-electron chi connectivity index (χ0n) is 35.2. The van der Waals surface area contributed by atoms with Crippen molar-refractivity contribution in [3.63, 3.8) is 0 Å². The zero-order chi connectivity index (χ0) is 39.6. The van der Waals surface area contributed by atoms with Crippen LogP contribution in [0.3, 0.4) is 0 Å². The molecular formula is C45H87N2O6P. The van der Waals surface area contributed by atoms with Crippen LogP contribution in [0.25, 0.3) is 0 Å². The monoisotopic (exact) mass is 783 g/mol. The highest BCUT2D eigenvalue weighted by Crippen LogP contribution is 2.43. The van der Waals surface area contributed by atoms with Gasteiger partial charge in [-0.05, 0) is 57.8 Å². The molecule has 0 spiro atoms. The molecule has 0 saturated carbocycles. The molecule has 3 atom stereocenters. The number of allylic oxidation sites excluding steroid dienone is 5. The summed E-state index contributed by atoms with van der Waals surface area (Å²) in [7, 11) is -4.35. The first-order valence-corrected chi connectivity index (χ1v) is 24.1. The SMILES string of the molecule is CCCCCCCC/C=C\CCCCCCCCCCCC(=O)NC(COP(=O)(O)OCCN)C(O)/C=C/CC/C=C/CCCCCCCCCCCC. The Morgan fingerprint density at radius 3 is 1.43 bits per heavy atom. The first-order valence-electron chi connectivity index (χ1n) is 22.6. The lowest BCUT2D eigenvalue weighted by atomic mass is 10.0. The number of nitrogens with one attached hydrogen (secondary N) is 1. The van der Waals surface area contributed by atoms with Crippen molar-refractivity contribution in [3.8, 4) is 0 Å². The summed E-state index contributed by atoms with van der Waals surface area (Å²) in [6, 6.07) is -0.876. The third kappa shape index (κ3) is 39.0. The molecule has 0 heterocycles. The number of hydrogen-bond acceptors (Lipinski definition) is 6. The first-order chi connectivity index (χ1) is 26.4. The molecule has 0 aliphatic carbocycles. The van der Waals surface area contributed by atoms with Gasteiger partial charge in [0.25, 0.3) is 0 Å². The van der Waals surface area contributed by atoms with E-state index in [0.29, 0.717) is 6.42 Å². The molecule has 0 bridgehead atoms. The minimum Gasteiger partial charge on any atom is -0.387 e. The fraction of sp³-hybridized carbons (Fsp3) is 0.844. The standard InChI is InChI=1S/C45H87N2O6P/c1-3-5-7-9-11-13-15-17-19-21-22-23-25-27-29-31-33-35-37-39-45(49)47-43(42-53-54(50,51)52-41-40-46)44(48)38-36-34-32-30-28-26-24-20-18-16-14-12-10-8-6-4-2/h17,19,28,30,36,38,43-44,48H,3-16,18,20-27,29,31-35,37,39-42,46H2,1-2H3,(H,47,49)(H,50,51)/b19-17-,30-28+,38-36+. The summed E-state index contributed by atoms with van der Waals surface area (Å²) < 4.78 is 22.1. The van der Waals surface area contributed by atoms with Crippen LogP contribution in [0.1, 0.15) is 213 Å². The van der Waals surface area contributed by atoms with E-state index < -0.39 is 20.0 Å². The van der Waals surface area contributed by atoms with Gasteiger partial charge in [0.2, 0.25) is 5.91 Å². The fourth-order valence-corrected chi connectivity index (χ4v) is 7.26. The van der Waals surface area contributed by atoms with Gasteiger partial charge in [0.05, 0.1) is 25.4 Å². The third-order valence-electron chi connectivity index (χ3n) is 9.94. The summed E-state index contributed by atoms with van der Waals surface area (Å²) >= 11 is 0. The Bertz CT molecular complexity index is 943. The fourth-order valence-electron chi connectivity index (χ4n) is 6.50. The van der Waals surface area contributed by atoms with E-state index in [9.17, 15) is 19.4 Å². The largest absolute Gasteiger partial charge is 0.472 e. The predicted octanol–water partition coefficient (Wildman–Crippen LogP) is 12.7. The number of hydrogen-bond donors (Lipinski definition) is 4. The Morgan fingerprint density at radius 1 is 0.593 bits per heavy atom. The molecule has 0 saturated heterocycles. The number of rotatable bonds is 42. The first kappa shape index (κ1) is 52.7. The molecule has 0 aromatic carbocycles. The number of unbranched alkanes of at least 4 members (excludes halogenated alkanes) is 26. The number of amides is 1. The number of aliphatic hydroxyl groups excluding tert-OH is 1. The summed E-state index contributed by atoms with van der Waals surface area (Å²) in [4.78, 5) is 22.7. The molecule has 1 amide bonds. The maximum Gasteiger partial charge on any atom is 0.472 e. The highest BCUT2D eigenvalue weighted by atomic mass is 31.2. The Morgan fingerprint density at radius 2 is 0.981 bits per heavy atom. The highest BCUT2D eigenvalue weighted by molar-refractivity contribution is 7.47. The summed E-state index contributed by atoms with van der Waals surface area (Å²) in [6.45, 7) is 4.12.